The molecule has 0 atom stereocenters. The Bertz CT molecular complexity index is 2730. The first-order valence-corrected chi connectivity index (χ1v) is 18.8. The van der Waals surface area contributed by atoms with Crippen molar-refractivity contribution in [1.82, 2.24) is 0 Å². The van der Waals surface area contributed by atoms with Crippen LogP contribution in [0.1, 0.15) is 49.9 Å². The molecule has 1 nitrogen and oxygen atoms in total. The van der Waals surface area contributed by atoms with Crippen molar-refractivity contribution in [3.8, 4) is 44.5 Å². The minimum Gasteiger partial charge on any atom is -0.309 e. The molecule has 10 rings (SSSR count). The first-order chi connectivity index (χ1) is 25.8. The molecule has 0 saturated heterocycles. The monoisotopic (exact) mass is 679 g/mol. The largest absolute Gasteiger partial charge is 0.309 e. The Morgan fingerprint density at radius 3 is 1.66 bits per heavy atom. The highest BCUT2D eigenvalue weighted by molar-refractivity contribution is 6.09. The molecule has 0 unspecified atom stereocenters. The second-order valence-corrected chi connectivity index (χ2v) is 15.7. The fourth-order valence-corrected chi connectivity index (χ4v) is 9.48. The van der Waals surface area contributed by atoms with Gasteiger partial charge in [0.05, 0.1) is 11.4 Å². The zero-order valence-electron chi connectivity index (χ0n) is 30.7. The third kappa shape index (κ3) is 4.63. The average molecular weight is 680 g/mol. The minimum atomic E-state index is -0.124. The SMILES string of the molecule is CC1(C)c2ccccc2-c2ccc(N(c3ccccc3-c3cccc4cccc(-c5ccccc5)c34)c3cccc4c3-c3ccccc3C4(C)C)cc21. The predicted octanol–water partition coefficient (Wildman–Crippen LogP) is 14.3. The van der Waals surface area contributed by atoms with Gasteiger partial charge in [-0.15, -0.1) is 0 Å². The smallest absolute Gasteiger partial charge is 0.0543 e. The standard InChI is InChI=1S/C52H41N/c1-51(2)44-27-12-9-23-42(44)50-45(51)28-16-30-48(50)53(36-31-32-39-38-21-8-11-26-43(38)52(3,4)46(39)33-36)47-29-13-10-22-40(47)41-25-15-20-35-19-14-24-37(49(35)41)34-17-6-5-7-18-34/h5-33H,1-4H3. The number of fused-ring (bicyclic) bond motifs is 7. The Kier molecular flexibility index (Phi) is 6.94. The highest BCUT2D eigenvalue weighted by Gasteiger charge is 2.39. The number of rotatable bonds is 5. The van der Waals surface area contributed by atoms with Gasteiger partial charge in [-0.25, -0.2) is 0 Å². The molecule has 53 heavy (non-hydrogen) atoms. The fraction of sp³-hybridized carbons (Fsp3) is 0.115. The number of para-hydroxylation sites is 1. The Labute approximate surface area is 312 Å². The molecule has 8 aromatic carbocycles. The zero-order chi connectivity index (χ0) is 35.9. The van der Waals surface area contributed by atoms with Crippen molar-refractivity contribution < 1.29 is 0 Å². The third-order valence-corrected chi connectivity index (χ3v) is 12.1. The van der Waals surface area contributed by atoms with Crippen molar-refractivity contribution in [2.45, 2.75) is 38.5 Å². The highest BCUT2D eigenvalue weighted by Crippen LogP contribution is 2.56. The number of anilines is 3. The van der Waals surface area contributed by atoms with Gasteiger partial charge < -0.3 is 4.90 Å². The van der Waals surface area contributed by atoms with Crippen molar-refractivity contribution in [2.75, 3.05) is 4.90 Å². The summed E-state index contributed by atoms with van der Waals surface area (Å²) in [7, 11) is 0. The summed E-state index contributed by atoms with van der Waals surface area (Å²) in [5.74, 6) is 0. The van der Waals surface area contributed by atoms with Gasteiger partial charge in [0, 0.05) is 27.6 Å². The second-order valence-electron chi connectivity index (χ2n) is 15.7. The summed E-state index contributed by atoms with van der Waals surface area (Å²) in [5, 5.41) is 2.50. The van der Waals surface area contributed by atoms with Gasteiger partial charge in [0.25, 0.3) is 0 Å². The van der Waals surface area contributed by atoms with Crippen LogP contribution >= 0.6 is 0 Å². The number of benzene rings is 8. The van der Waals surface area contributed by atoms with E-state index in [2.05, 4.69) is 209 Å². The van der Waals surface area contributed by atoms with Crippen molar-refractivity contribution in [1.29, 1.82) is 0 Å². The maximum atomic E-state index is 2.55. The molecule has 0 amide bonds. The van der Waals surface area contributed by atoms with Crippen LogP contribution in [0.15, 0.2) is 176 Å². The van der Waals surface area contributed by atoms with Gasteiger partial charge in [0.2, 0.25) is 0 Å². The summed E-state index contributed by atoms with van der Waals surface area (Å²) in [4.78, 5) is 2.55. The Morgan fingerprint density at radius 2 is 0.887 bits per heavy atom. The van der Waals surface area contributed by atoms with Crippen LogP contribution < -0.4 is 4.90 Å². The van der Waals surface area contributed by atoms with E-state index in [0.717, 1.165) is 11.4 Å². The molecule has 8 aromatic rings. The van der Waals surface area contributed by atoms with Gasteiger partial charge >= 0.3 is 0 Å². The maximum absolute atomic E-state index is 2.55. The van der Waals surface area contributed by atoms with Crippen molar-refractivity contribution in [3.05, 3.63) is 198 Å². The quantitative estimate of drug-likeness (QED) is 0.175. The third-order valence-electron chi connectivity index (χ3n) is 12.1. The van der Waals surface area contributed by atoms with Crippen molar-refractivity contribution >= 4 is 27.8 Å². The molecule has 2 aliphatic carbocycles. The molecule has 2 aliphatic rings. The fourth-order valence-electron chi connectivity index (χ4n) is 9.48. The highest BCUT2D eigenvalue weighted by atomic mass is 15.1. The molecule has 0 heterocycles. The normalized spacial score (nSPS) is 14.3. The Balaban J connectivity index is 1.27. The molecule has 0 radical (unpaired) electrons. The van der Waals surface area contributed by atoms with E-state index in [-0.39, 0.29) is 10.8 Å². The van der Waals surface area contributed by atoms with E-state index < -0.39 is 0 Å². The number of nitrogens with zero attached hydrogens (tertiary/aromatic N) is 1. The van der Waals surface area contributed by atoms with Crippen LogP contribution in [0.2, 0.25) is 0 Å². The molecule has 0 bridgehead atoms. The lowest BCUT2D eigenvalue weighted by Gasteiger charge is -2.32. The number of hydrogen-bond donors (Lipinski definition) is 0. The maximum Gasteiger partial charge on any atom is 0.0543 e. The topological polar surface area (TPSA) is 3.24 Å². The minimum absolute atomic E-state index is 0.116. The van der Waals surface area contributed by atoms with E-state index in [1.54, 1.807) is 0 Å². The van der Waals surface area contributed by atoms with E-state index >= 15 is 0 Å². The van der Waals surface area contributed by atoms with Crippen LogP contribution in [0.25, 0.3) is 55.3 Å². The Hall–Kier alpha value is -6.18. The molecule has 0 saturated carbocycles. The van der Waals surface area contributed by atoms with E-state index in [4.69, 9.17) is 0 Å². The molecule has 0 fully saturated rings. The van der Waals surface area contributed by atoms with Gasteiger partial charge in [-0.1, -0.05) is 179 Å². The zero-order valence-corrected chi connectivity index (χ0v) is 30.7. The molecule has 1 heteroatoms. The van der Waals surface area contributed by atoms with Crippen LogP contribution in [0.4, 0.5) is 17.1 Å². The van der Waals surface area contributed by atoms with Gasteiger partial charge in [-0.2, -0.15) is 0 Å². The number of hydrogen-bond acceptors (Lipinski definition) is 1. The van der Waals surface area contributed by atoms with Gasteiger partial charge in [0.1, 0.15) is 0 Å². The molecule has 0 aromatic heterocycles. The van der Waals surface area contributed by atoms with Gasteiger partial charge in [-0.3, -0.25) is 0 Å². The van der Waals surface area contributed by atoms with Gasteiger partial charge in [-0.05, 0) is 90.7 Å². The van der Waals surface area contributed by atoms with E-state index in [1.807, 2.05) is 0 Å². The van der Waals surface area contributed by atoms with Crippen LogP contribution in [0, 0.1) is 0 Å². The molecule has 0 N–H and O–H groups in total. The lowest BCUT2D eigenvalue weighted by atomic mass is 9.82. The van der Waals surface area contributed by atoms with Crippen LogP contribution in [0.3, 0.4) is 0 Å². The predicted molar refractivity (Wildman–Crippen MR) is 225 cm³/mol. The lowest BCUT2D eigenvalue weighted by Crippen LogP contribution is -2.18. The summed E-state index contributed by atoms with van der Waals surface area (Å²) >= 11 is 0. The first kappa shape index (κ1) is 31.5. The summed E-state index contributed by atoms with van der Waals surface area (Å²) < 4.78 is 0. The van der Waals surface area contributed by atoms with Crippen LogP contribution in [0.5, 0.6) is 0 Å². The van der Waals surface area contributed by atoms with Crippen LogP contribution in [-0.4, -0.2) is 0 Å². The first-order valence-electron chi connectivity index (χ1n) is 18.8. The van der Waals surface area contributed by atoms with Gasteiger partial charge in [0.15, 0.2) is 0 Å². The van der Waals surface area contributed by atoms with Crippen molar-refractivity contribution in [3.63, 3.8) is 0 Å². The van der Waals surface area contributed by atoms with E-state index in [9.17, 15) is 0 Å². The lowest BCUT2D eigenvalue weighted by molar-refractivity contribution is 0.660. The molecule has 0 aliphatic heterocycles. The molecule has 254 valence electrons. The molecular formula is C52H41N. The van der Waals surface area contributed by atoms with Crippen molar-refractivity contribution in [2.24, 2.45) is 0 Å². The second kappa shape index (κ2) is 11.7. The summed E-state index contributed by atoms with van der Waals surface area (Å²) in [6.07, 6.45) is 0. The summed E-state index contributed by atoms with van der Waals surface area (Å²) in [5.41, 5.74) is 19.0. The summed E-state index contributed by atoms with van der Waals surface area (Å²) in [6, 6.07) is 65.3. The van der Waals surface area contributed by atoms with E-state index in [0.29, 0.717) is 0 Å². The molecular weight excluding hydrogens is 639 g/mol. The van der Waals surface area contributed by atoms with Crippen LogP contribution in [-0.2, 0) is 10.8 Å². The molecule has 0 spiro atoms. The van der Waals surface area contributed by atoms with E-state index in [1.165, 1.54) is 83.2 Å². The average Bonchev–Trinajstić information content (AvgIpc) is 3.58. The Morgan fingerprint density at radius 1 is 0.358 bits per heavy atom. The summed E-state index contributed by atoms with van der Waals surface area (Å²) in [6.45, 7) is 9.49.